The van der Waals surface area contributed by atoms with Crippen LogP contribution in [0.4, 0.5) is 0 Å². The fourth-order valence-corrected chi connectivity index (χ4v) is 1.23. The molecule has 0 heterocycles. The molecule has 3 nitrogen and oxygen atoms in total. The SMILES string of the molecule is C=C(N[C@@H](CI)C(N)=O)C(C)C. The van der Waals surface area contributed by atoms with Gasteiger partial charge in [-0.25, -0.2) is 0 Å². The maximum absolute atomic E-state index is 10.8. The molecule has 0 bridgehead atoms. The first-order chi connectivity index (χ1) is 5.49. The van der Waals surface area contributed by atoms with Gasteiger partial charge in [0.15, 0.2) is 0 Å². The van der Waals surface area contributed by atoms with Gasteiger partial charge in [0.05, 0.1) is 0 Å². The van der Waals surface area contributed by atoms with Gasteiger partial charge < -0.3 is 11.1 Å². The Morgan fingerprint density at radius 1 is 1.67 bits per heavy atom. The van der Waals surface area contributed by atoms with Crippen LogP contribution in [-0.4, -0.2) is 16.4 Å². The Balaban J connectivity index is 4.03. The Hall–Kier alpha value is -0.260. The smallest absolute Gasteiger partial charge is 0.240 e. The van der Waals surface area contributed by atoms with Gasteiger partial charge in [-0.05, 0) is 5.92 Å². The predicted octanol–water partition coefficient (Wildman–Crippen LogP) is 1.03. The van der Waals surface area contributed by atoms with Crippen molar-refractivity contribution >= 4 is 28.5 Å². The second kappa shape index (κ2) is 5.40. The summed E-state index contributed by atoms with van der Waals surface area (Å²) in [7, 11) is 0. The molecule has 1 amide bonds. The lowest BCUT2D eigenvalue weighted by molar-refractivity contribution is -0.119. The summed E-state index contributed by atoms with van der Waals surface area (Å²) in [6.07, 6.45) is 0. The van der Waals surface area contributed by atoms with E-state index >= 15 is 0 Å². The molecule has 0 saturated carbocycles. The van der Waals surface area contributed by atoms with Gasteiger partial charge in [0, 0.05) is 10.1 Å². The van der Waals surface area contributed by atoms with Crippen LogP contribution in [0.5, 0.6) is 0 Å². The van der Waals surface area contributed by atoms with Crippen molar-refractivity contribution in [2.75, 3.05) is 4.43 Å². The van der Waals surface area contributed by atoms with Crippen molar-refractivity contribution < 1.29 is 4.79 Å². The van der Waals surface area contributed by atoms with E-state index in [2.05, 4.69) is 34.5 Å². The molecule has 0 unspecified atom stereocenters. The maximum atomic E-state index is 10.8. The molecule has 0 spiro atoms. The monoisotopic (exact) mass is 282 g/mol. The van der Waals surface area contributed by atoms with Crippen LogP contribution in [0.15, 0.2) is 12.3 Å². The highest BCUT2D eigenvalue weighted by atomic mass is 127. The molecule has 0 aliphatic rings. The number of nitrogens with two attached hydrogens (primary N) is 1. The van der Waals surface area contributed by atoms with E-state index in [1.165, 1.54) is 0 Å². The second-order valence-electron chi connectivity index (χ2n) is 2.93. The van der Waals surface area contributed by atoms with Crippen molar-refractivity contribution in [2.45, 2.75) is 19.9 Å². The van der Waals surface area contributed by atoms with Gasteiger partial charge in [-0.15, -0.1) is 0 Å². The minimum Gasteiger partial charge on any atom is -0.377 e. The summed E-state index contributed by atoms with van der Waals surface area (Å²) in [5, 5.41) is 2.99. The molecule has 0 fully saturated rings. The van der Waals surface area contributed by atoms with E-state index in [-0.39, 0.29) is 11.9 Å². The largest absolute Gasteiger partial charge is 0.377 e. The third-order valence-electron chi connectivity index (χ3n) is 1.55. The molecule has 4 heteroatoms. The number of amides is 1. The van der Waals surface area contributed by atoms with Gasteiger partial charge in [0.25, 0.3) is 0 Å². The van der Waals surface area contributed by atoms with Gasteiger partial charge in [-0.3, -0.25) is 4.79 Å². The maximum Gasteiger partial charge on any atom is 0.240 e. The first-order valence-electron chi connectivity index (χ1n) is 3.79. The average molecular weight is 282 g/mol. The Morgan fingerprint density at radius 2 is 2.17 bits per heavy atom. The van der Waals surface area contributed by atoms with Crippen LogP contribution in [0.2, 0.25) is 0 Å². The standard InChI is InChI=1S/C8H15IN2O/c1-5(2)6(3)11-7(4-9)8(10)12/h5,7,11H,3-4H2,1-2H3,(H2,10,12)/t7-/m0/s1. The van der Waals surface area contributed by atoms with Crippen LogP contribution in [0.3, 0.4) is 0 Å². The van der Waals surface area contributed by atoms with Gasteiger partial charge >= 0.3 is 0 Å². The number of hydrogen-bond acceptors (Lipinski definition) is 2. The zero-order valence-electron chi connectivity index (χ0n) is 7.43. The highest BCUT2D eigenvalue weighted by molar-refractivity contribution is 14.1. The van der Waals surface area contributed by atoms with E-state index < -0.39 is 0 Å². The number of allylic oxidation sites excluding steroid dienone is 1. The van der Waals surface area contributed by atoms with E-state index in [4.69, 9.17) is 5.73 Å². The predicted molar refractivity (Wildman–Crippen MR) is 59.0 cm³/mol. The van der Waals surface area contributed by atoms with Crippen LogP contribution < -0.4 is 11.1 Å². The lowest BCUT2D eigenvalue weighted by Crippen LogP contribution is -2.42. The highest BCUT2D eigenvalue weighted by Gasteiger charge is 2.14. The van der Waals surface area contributed by atoms with E-state index in [0.29, 0.717) is 10.3 Å². The van der Waals surface area contributed by atoms with Crippen molar-refractivity contribution in [2.24, 2.45) is 11.7 Å². The van der Waals surface area contributed by atoms with Crippen molar-refractivity contribution in [1.82, 2.24) is 5.32 Å². The minimum absolute atomic E-state index is 0.291. The summed E-state index contributed by atoms with van der Waals surface area (Å²) in [6, 6.07) is -0.291. The summed E-state index contributed by atoms with van der Waals surface area (Å²) in [6.45, 7) is 7.83. The molecule has 70 valence electrons. The summed E-state index contributed by atoms with van der Waals surface area (Å²) in [5.41, 5.74) is 6.01. The van der Waals surface area contributed by atoms with Crippen molar-refractivity contribution in [1.29, 1.82) is 0 Å². The average Bonchev–Trinajstić information content (AvgIpc) is 1.98. The van der Waals surface area contributed by atoms with Crippen LogP contribution in [0.1, 0.15) is 13.8 Å². The van der Waals surface area contributed by atoms with E-state index in [9.17, 15) is 4.79 Å². The number of hydrogen-bond donors (Lipinski definition) is 2. The molecule has 0 aromatic heterocycles. The molecule has 1 atom stereocenters. The van der Waals surface area contributed by atoms with Crippen LogP contribution >= 0.6 is 22.6 Å². The zero-order valence-corrected chi connectivity index (χ0v) is 9.59. The van der Waals surface area contributed by atoms with Gasteiger partial charge in [0.1, 0.15) is 6.04 Å². The Morgan fingerprint density at radius 3 is 2.42 bits per heavy atom. The highest BCUT2D eigenvalue weighted by Crippen LogP contribution is 2.04. The molecule has 0 radical (unpaired) electrons. The number of carbonyl (C=O) groups is 1. The summed E-state index contributed by atoms with van der Waals surface area (Å²) >= 11 is 2.12. The van der Waals surface area contributed by atoms with Crippen LogP contribution in [0.25, 0.3) is 0 Å². The molecule has 0 aliphatic heterocycles. The fraction of sp³-hybridized carbons (Fsp3) is 0.625. The number of alkyl halides is 1. The molecular weight excluding hydrogens is 267 g/mol. The van der Waals surface area contributed by atoms with E-state index in [0.717, 1.165) is 5.70 Å². The molecular formula is C8H15IN2O. The number of rotatable bonds is 5. The topological polar surface area (TPSA) is 55.1 Å². The van der Waals surface area contributed by atoms with Crippen LogP contribution in [0, 0.1) is 5.92 Å². The van der Waals surface area contributed by atoms with Crippen molar-refractivity contribution in [3.8, 4) is 0 Å². The number of halogens is 1. The number of nitrogens with one attached hydrogen (secondary N) is 1. The van der Waals surface area contributed by atoms with Crippen LogP contribution in [-0.2, 0) is 4.79 Å². The third-order valence-corrected chi connectivity index (χ3v) is 2.44. The molecule has 12 heavy (non-hydrogen) atoms. The Kier molecular flexibility index (Phi) is 5.28. The molecule has 0 aromatic carbocycles. The Labute approximate surface area is 86.9 Å². The molecule has 3 N–H and O–H groups in total. The lowest BCUT2D eigenvalue weighted by Gasteiger charge is -2.18. The number of carbonyl (C=O) groups excluding carboxylic acids is 1. The van der Waals surface area contributed by atoms with E-state index in [1.54, 1.807) is 0 Å². The summed E-state index contributed by atoms with van der Waals surface area (Å²) in [5.74, 6) is 0.000926. The van der Waals surface area contributed by atoms with E-state index in [1.807, 2.05) is 13.8 Å². The molecule has 0 aromatic rings. The second-order valence-corrected chi connectivity index (χ2v) is 3.81. The van der Waals surface area contributed by atoms with Gasteiger partial charge in [0.2, 0.25) is 5.91 Å². The first kappa shape index (κ1) is 11.7. The van der Waals surface area contributed by atoms with Gasteiger partial charge in [-0.1, -0.05) is 43.0 Å². The Bertz CT molecular complexity index is 180. The quantitative estimate of drug-likeness (QED) is 0.584. The third kappa shape index (κ3) is 3.94. The summed E-state index contributed by atoms with van der Waals surface area (Å²) in [4.78, 5) is 10.8. The fourth-order valence-electron chi connectivity index (χ4n) is 0.576. The zero-order chi connectivity index (χ0) is 9.72. The first-order valence-corrected chi connectivity index (χ1v) is 5.32. The lowest BCUT2D eigenvalue weighted by atomic mass is 10.1. The van der Waals surface area contributed by atoms with Gasteiger partial charge in [-0.2, -0.15) is 0 Å². The molecule has 0 rings (SSSR count). The van der Waals surface area contributed by atoms with Crippen molar-refractivity contribution in [3.05, 3.63) is 12.3 Å². The number of primary amides is 1. The molecule has 0 saturated heterocycles. The summed E-state index contributed by atoms with van der Waals surface area (Å²) < 4.78 is 0.666. The van der Waals surface area contributed by atoms with Crippen molar-refractivity contribution in [3.63, 3.8) is 0 Å². The molecule has 0 aliphatic carbocycles. The minimum atomic E-state index is -0.328. The normalized spacial score (nSPS) is 12.7.